The lowest BCUT2D eigenvalue weighted by Gasteiger charge is -2.05. The van der Waals surface area contributed by atoms with Gasteiger partial charge in [-0.15, -0.1) is 0 Å². The number of carbonyl (C=O) groups is 2. The molecule has 0 aliphatic carbocycles. The highest BCUT2D eigenvalue weighted by molar-refractivity contribution is 5.94. The second-order valence-corrected chi connectivity index (χ2v) is 4.27. The van der Waals surface area contributed by atoms with Crippen LogP contribution in [0, 0.1) is 6.92 Å². The number of aryl methyl sites for hydroxylation is 1. The molecule has 0 fully saturated rings. The summed E-state index contributed by atoms with van der Waals surface area (Å²) in [7, 11) is 0. The van der Waals surface area contributed by atoms with Gasteiger partial charge in [-0.3, -0.25) is 0 Å². The Labute approximate surface area is 114 Å². The third-order valence-electron chi connectivity index (χ3n) is 2.90. The number of nitrogens with zero attached hydrogens (tertiary/aromatic N) is 2. The van der Waals surface area contributed by atoms with Gasteiger partial charge < -0.3 is 15.9 Å². The maximum absolute atomic E-state index is 11.0. The Morgan fingerprint density at radius 2 is 1.75 bits per heavy atom. The van der Waals surface area contributed by atoms with E-state index in [1.54, 1.807) is 13.1 Å². The lowest BCUT2D eigenvalue weighted by atomic mass is 10.1. The third-order valence-corrected chi connectivity index (χ3v) is 2.90. The van der Waals surface area contributed by atoms with Gasteiger partial charge in [-0.2, -0.15) is 5.10 Å². The van der Waals surface area contributed by atoms with Crippen LogP contribution in [-0.4, -0.2) is 31.9 Å². The van der Waals surface area contributed by atoms with Crippen LogP contribution in [0.1, 0.15) is 32.0 Å². The van der Waals surface area contributed by atoms with Gasteiger partial charge in [0.25, 0.3) is 0 Å². The van der Waals surface area contributed by atoms with Crippen LogP contribution in [0.25, 0.3) is 5.69 Å². The van der Waals surface area contributed by atoms with Gasteiger partial charge in [-0.25, -0.2) is 14.3 Å². The Bertz CT molecular complexity index is 659. The summed E-state index contributed by atoms with van der Waals surface area (Å²) in [6.07, 6.45) is 1.65. The number of benzene rings is 1. The number of aromatic nitrogens is 2. The normalized spacial score (nSPS) is 10.5. The van der Waals surface area contributed by atoms with E-state index in [1.807, 2.05) is 0 Å². The summed E-state index contributed by atoms with van der Waals surface area (Å²) in [5.41, 5.74) is 7.23. The SMILES string of the molecule is Cc1nn(-c2cc(C(=O)O)cc(C(=O)O)c2)cc1CN. The number of carboxylic acid groups (broad SMARTS) is 2. The van der Waals surface area contributed by atoms with E-state index in [2.05, 4.69) is 5.10 Å². The Morgan fingerprint density at radius 3 is 2.15 bits per heavy atom. The molecular weight excluding hydrogens is 262 g/mol. The molecule has 0 radical (unpaired) electrons. The minimum atomic E-state index is -1.20. The molecule has 104 valence electrons. The molecule has 0 atom stereocenters. The third kappa shape index (κ3) is 2.52. The van der Waals surface area contributed by atoms with E-state index in [4.69, 9.17) is 15.9 Å². The molecule has 0 amide bonds. The molecule has 0 aliphatic heterocycles. The molecular formula is C13H13N3O4. The molecule has 1 heterocycles. The zero-order chi connectivity index (χ0) is 14.9. The van der Waals surface area contributed by atoms with Crippen LogP contribution in [-0.2, 0) is 6.54 Å². The van der Waals surface area contributed by atoms with Gasteiger partial charge >= 0.3 is 11.9 Å². The first-order chi connectivity index (χ1) is 9.42. The molecule has 0 aliphatic rings. The summed E-state index contributed by atoms with van der Waals surface area (Å²) in [4.78, 5) is 22.1. The van der Waals surface area contributed by atoms with E-state index in [0.29, 0.717) is 17.9 Å². The van der Waals surface area contributed by atoms with Crippen LogP contribution in [0.5, 0.6) is 0 Å². The fourth-order valence-corrected chi connectivity index (χ4v) is 1.82. The number of hydrogen-bond acceptors (Lipinski definition) is 4. The molecule has 7 nitrogen and oxygen atoms in total. The average Bonchev–Trinajstić information content (AvgIpc) is 2.79. The van der Waals surface area contributed by atoms with E-state index in [-0.39, 0.29) is 11.1 Å². The average molecular weight is 275 g/mol. The number of hydrogen-bond donors (Lipinski definition) is 3. The maximum atomic E-state index is 11.0. The molecule has 2 rings (SSSR count). The number of aromatic carboxylic acids is 2. The Balaban J connectivity index is 2.60. The Morgan fingerprint density at radius 1 is 1.20 bits per heavy atom. The van der Waals surface area contributed by atoms with Gasteiger partial charge in [-0.05, 0) is 25.1 Å². The Hall–Kier alpha value is -2.67. The van der Waals surface area contributed by atoms with Crippen molar-refractivity contribution >= 4 is 11.9 Å². The summed E-state index contributed by atoms with van der Waals surface area (Å²) in [5, 5.41) is 22.3. The minimum absolute atomic E-state index is 0.109. The molecule has 0 unspecified atom stereocenters. The topological polar surface area (TPSA) is 118 Å². The predicted octanol–water partition coefficient (Wildman–Crippen LogP) is 1.04. The first-order valence-corrected chi connectivity index (χ1v) is 5.79. The first-order valence-electron chi connectivity index (χ1n) is 5.79. The van der Waals surface area contributed by atoms with Gasteiger partial charge in [0.2, 0.25) is 0 Å². The zero-order valence-corrected chi connectivity index (χ0v) is 10.7. The molecule has 0 bridgehead atoms. The largest absolute Gasteiger partial charge is 0.478 e. The Kier molecular flexibility index (Phi) is 3.53. The lowest BCUT2D eigenvalue weighted by Crippen LogP contribution is -2.06. The van der Waals surface area contributed by atoms with Gasteiger partial charge in [0, 0.05) is 18.3 Å². The van der Waals surface area contributed by atoms with Crippen molar-refractivity contribution in [3.8, 4) is 5.69 Å². The molecule has 0 spiro atoms. The lowest BCUT2D eigenvalue weighted by molar-refractivity contribution is 0.0696. The summed E-state index contributed by atoms with van der Waals surface area (Å²) < 4.78 is 1.43. The summed E-state index contributed by atoms with van der Waals surface area (Å²) in [5.74, 6) is -2.39. The van der Waals surface area contributed by atoms with Crippen LogP contribution in [0.4, 0.5) is 0 Å². The fraction of sp³-hybridized carbons (Fsp3) is 0.154. The monoisotopic (exact) mass is 275 g/mol. The van der Waals surface area contributed by atoms with E-state index in [1.165, 1.54) is 16.8 Å². The van der Waals surface area contributed by atoms with Gasteiger partial charge in [0.1, 0.15) is 0 Å². The van der Waals surface area contributed by atoms with Crippen molar-refractivity contribution in [2.75, 3.05) is 0 Å². The molecule has 1 aromatic heterocycles. The fourth-order valence-electron chi connectivity index (χ4n) is 1.82. The van der Waals surface area contributed by atoms with Crippen LogP contribution in [0.2, 0.25) is 0 Å². The molecule has 0 saturated heterocycles. The van der Waals surface area contributed by atoms with Crippen molar-refractivity contribution in [2.45, 2.75) is 13.5 Å². The van der Waals surface area contributed by atoms with Crippen LogP contribution >= 0.6 is 0 Å². The molecule has 20 heavy (non-hydrogen) atoms. The van der Waals surface area contributed by atoms with Crippen molar-refractivity contribution in [3.05, 3.63) is 46.8 Å². The standard InChI is InChI=1S/C13H13N3O4/c1-7-10(5-14)6-16(15-7)11-3-8(12(17)18)2-9(4-11)13(19)20/h2-4,6H,5,14H2,1H3,(H,17,18)(H,19,20). The van der Waals surface area contributed by atoms with Crippen molar-refractivity contribution in [1.82, 2.24) is 9.78 Å². The summed E-state index contributed by atoms with van der Waals surface area (Å²) in [6, 6.07) is 3.83. The number of carboxylic acids is 2. The van der Waals surface area contributed by atoms with Crippen LogP contribution in [0.3, 0.4) is 0 Å². The van der Waals surface area contributed by atoms with Crippen molar-refractivity contribution in [2.24, 2.45) is 5.73 Å². The van der Waals surface area contributed by atoms with Crippen molar-refractivity contribution in [1.29, 1.82) is 0 Å². The highest BCUT2D eigenvalue weighted by Crippen LogP contribution is 2.16. The van der Waals surface area contributed by atoms with E-state index >= 15 is 0 Å². The highest BCUT2D eigenvalue weighted by Gasteiger charge is 2.13. The predicted molar refractivity (Wildman–Crippen MR) is 70.1 cm³/mol. The van der Waals surface area contributed by atoms with E-state index < -0.39 is 11.9 Å². The summed E-state index contributed by atoms with van der Waals surface area (Å²) in [6.45, 7) is 2.08. The second kappa shape index (κ2) is 5.14. The van der Waals surface area contributed by atoms with E-state index in [0.717, 1.165) is 11.6 Å². The zero-order valence-electron chi connectivity index (χ0n) is 10.7. The number of rotatable bonds is 4. The minimum Gasteiger partial charge on any atom is -0.478 e. The highest BCUT2D eigenvalue weighted by atomic mass is 16.4. The molecule has 2 aromatic rings. The first kappa shape index (κ1) is 13.8. The van der Waals surface area contributed by atoms with Crippen molar-refractivity contribution < 1.29 is 19.8 Å². The molecule has 1 aromatic carbocycles. The van der Waals surface area contributed by atoms with Crippen molar-refractivity contribution in [3.63, 3.8) is 0 Å². The second-order valence-electron chi connectivity index (χ2n) is 4.27. The van der Waals surface area contributed by atoms with Gasteiger partial charge in [0.15, 0.2) is 0 Å². The maximum Gasteiger partial charge on any atom is 0.335 e. The van der Waals surface area contributed by atoms with Crippen LogP contribution in [0.15, 0.2) is 24.4 Å². The quantitative estimate of drug-likeness (QED) is 0.767. The van der Waals surface area contributed by atoms with Gasteiger partial charge in [-0.1, -0.05) is 0 Å². The smallest absolute Gasteiger partial charge is 0.335 e. The molecule has 0 saturated carbocycles. The number of nitrogens with two attached hydrogens (primary N) is 1. The molecule has 4 N–H and O–H groups in total. The summed E-state index contributed by atoms with van der Waals surface area (Å²) >= 11 is 0. The molecule has 7 heteroatoms. The van der Waals surface area contributed by atoms with Crippen LogP contribution < -0.4 is 5.73 Å². The van der Waals surface area contributed by atoms with Gasteiger partial charge in [0.05, 0.1) is 22.5 Å². The van der Waals surface area contributed by atoms with E-state index in [9.17, 15) is 9.59 Å².